The molecule has 462 valence electrons. The molecule has 5 rings (SSSR count). The van der Waals surface area contributed by atoms with Gasteiger partial charge in [0.25, 0.3) is 17.7 Å². The van der Waals surface area contributed by atoms with E-state index < -0.39 is 83.3 Å². The molecule has 3 fully saturated rings. The van der Waals surface area contributed by atoms with Crippen LogP contribution in [0.3, 0.4) is 0 Å². The van der Waals surface area contributed by atoms with Crippen LogP contribution in [0.4, 0.5) is 0 Å². The van der Waals surface area contributed by atoms with Gasteiger partial charge in [-0.1, -0.05) is 90.3 Å². The highest BCUT2D eigenvalue weighted by Crippen LogP contribution is 2.63. The Morgan fingerprint density at radius 1 is 0.795 bits per heavy atom. The minimum atomic E-state index is -0.925. The number of imide groups is 1. The van der Waals surface area contributed by atoms with Crippen molar-refractivity contribution in [1.29, 1.82) is 0 Å². The summed E-state index contributed by atoms with van der Waals surface area (Å²) >= 11 is 0. The summed E-state index contributed by atoms with van der Waals surface area (Å²) < 4.78 is 17.8. The maximum Gasteiger partial charge on any atom is 0.333 e. The lowest BCUT2D eigenvalue weighted by Crippen LogP contribution is -2.54. The summed E-state index contributed by atoms with van der Waals surface area (Å²) in [4.78, 5) is 149. The SMILES string of the molecule is CC[C@H](C)[C@@H]([C@@H](CC(=O)N1CCC[C@H]1[C@H](OC)[C@@H](C)C(=O)C[C@@]1(C(=O)N2CCCCO2)C[C@@H]1c1ccccc1)OC)N(C)C(=O)[C@@H](CC(=O)[C@H](C(C)C)N(C)CCCC(=O)O[C@H](C)CNC(=O)CCCC(=O)ON1C(=O)C=CC1=O)C(C)C. The number of Topliss-reactive ketones (excluding diaryl/α,β-unsaturated/α-hetero) is 2. The lowest BCUT2D eigenvalue weighted by molar-refractivity contribution is -0.203. The second-order valence-electron chi connectivity index (χ2n) is 24.0. The highest BCUT2D eigenvalue weighted by molar-refractivity contribution is 6.12. The average Bonchev–Trinajstić information content (AvgIpc) is 1.76. The average molecular weight is 1160 g/mol. The number of likely N-dealkylation sites (N-methyl/N-ethyl adjacent to an activating group) is 2. The Bertz CT molecular complexity index is 2430. The zero-order valence-electron chi connectivity index (χ0n) is 51.3. The Hall–Kier alpha value is -5.90. The third-order valence-electron chi connectivity index (χ3n) is 17.3. The number of nitrogens with zero attached hydrogens (tertiary/aromatic N) is 5. The van der Waals surface area contributed by atoms with Crippen LogP contribution in [0.5, 0.6) is 0 Å². The number of amides is 6. The second kappa shape index (κ2) is 31.8. The van der Waals surface area contributed by atoms with Gasteiger partial charge in [-0.15, -0.1) is 0 Å². The van der Waals surface area contributed by atoms with Crippen molar-refractivity contribution in [2.45, 2.75) is 188 Å². The van der Waals surface area contributed by atoms with Gasteiger partial charge in [0.15, 0.2) is 5.78 Å². The number of likely N-dealkylation sites (tertiary alicyclic amines) is 1. The molecule has 0 spiro atoms. The molecular formula is C62H94N6O15. The van der Waals surface area contributed by atoms with E-state index in [4.69, 9.17) is 23.9 Å². The van der Waals surface area contributed by atoms with Gasteiger partial charge >= 0.3 is 11.9 Å². The Morgan fingerprint density at radius 3 is 2.07 bits per heavy atom. The number of rotatable bonds is 34. The lowest BCUT2D eigenvalue weighted by Gasteiger charge is -2.41. The van der Waals surface area contributed by atoms with E-state index in [1.807, 2.05) is 90.7 Å². The third-order valence-corrected chi connectivity index (χ3v) is 17.3. The summed E-state index contributed by atoms with van der Waals surface area (Å²) in [6.07, 6.45) is 4.50. The smallest absolute Gasteiger partial charge is 0.333 e. The van der Waals surface area contributed by atoms with E-state index in [2.05, 4.69) is 5.32 Å². The van der Waals surface area contributed by atoms with E-state index in [1.165, 1.54) is 5.06 Å². The van der Waals surface area contributed by atoms with Crippen LogP contribution in [0.25, 0.3) is 0 Å². The zero-order valence-corrected chi connectivity index (χ0v) is 51.3. The molecule has 3 aliphatic heterocycles. The molecule has 21 nitrogen and oxygen atoms in total. The number of ketones is 2. The molecule has 0 unspecified atom stereocenters. The number of benzene rings is 1. The zero-order chi connectivity index (χ0) is 61.3. The van der Waals surface area contributed by atoms with Crippen molar-refractivity contribution in [2.24, 2.45) is 35.0 Å². The van der Waals surface area contributed by atoms with E-state index >= 15 is 0 Å². The summed E-state index contributed by atoms with van der Waals surface area (Å²) in [6.45, 7) is 17.1. The maximum atomic E-state index is 14.8. The highest BCUT2D eigenvalue weighted by atomic mass is 16.7. The van der Waals surface area contributed by atoms with Gasteiger partial charge in [0.2, 0.25) is 17.7 Å². The number of carbonyl (C=O) groups excluding carboxylic acids is 10. The molecular weight excluding hydrogens is 1070 g/mol. The molecule has 1 aliphatic carbocycles. The van der Waals surface area contributed by atoms with Crippen molar-refractivity contribution >= 4 is 58.9 Å². The van der Waals surface area contributed by atoms with Gasteiger partial charge in [0, 0.05) is 90.4 Å². The van der Waals surface area contributed by atoms with Crippen molar-refractivity contribution in [1.82, 2.24) is 30.1 Å². The maximum absolute atomic E-state index is 14.8. The van der Waals surface area contributed by atoms with Crippen LogP contribution in [-0.2, 0) is 71.8 Å². The predicted molar refractivity (Wildman–Crippen MR) is 307 cm³/mol. The standard InChI is InChI=1S/C62H94N6O15/c1-13-41(6)58(50(79-11)35-54(74)66-31-20-24-47(66)59(80-12)43(8)49(70)37-62(61(78)67-32-17-18-33-81-67)36-46(62)44-22-15-14-16-23-44)65(10)60(77)45(39(2)3)34-48(69)57(40(4)5)64(9)30-21-27-55(75)82-42(7)38-63-51(71)25-19-26-56(76)83-68-52(72)28-29-53(68)73/h14-16,22-23,28-29,39-43,45-47,50,57-59H,13,17-21,24-27,30-38H2,1-12H3,(H,63,71)/t41-,42+,43-,45-,46+,47-,50+,57-,58-,59+,62-/m0/s1. The molecule has 1 aromatic rings. The molecule has 1 aromatic carbocycles. The largest absolute Gasteiger partial charge is 0.461 e. The van der Waals surface area contributed by atoms with Crippen molar-refractivity contribution < 1.29 is 71.8 Å². The van der Waals surface area contributed by atoms with Crippen LogP contribution in [-0.4, -0.2) is 181 Å². The van der Waals surface area contributed by atoms with Gasteiger partial charge in [-0.2, -0.15) is 0 Å². The number of ether oxygens (including phenoxy) is 3. The monoisotopic (exact) mass is 1160 g/mol. The van der Waals surface area contributed by atoms with Gasteiger partial charge < -0.3 is 34.2 Å². The highest BCUT2D eigenvalue weighted by Gasteiger charge is 2.63. The molecule has 2 saturated heterocycles. The van der Waals surface area contributed by atoms with Crippen LogP contribution in [0.1, 0.15) is 157 Å². The number of hydrogen-bond acceptors (Lipinski definition) is 16. The fraction of sp³-hybridized carbons (Fsp3) is 0.710. The summed E-state index contributed by atoms with van der Waals surface area (Å²) in [5, 5.41) is 4.47. The van der Waals surface area contributed by atoms with E-state index in [0.29, 0.717) is 63.4 Å². The second-order valence-corrected chi connectivity index (χ2v) is 24.0. The first-order valence-corrected chi connectivity index (χ1v) is 30.0. The summed E-state index contributed by atoms with van der Waals surface area (Å²) in [5.41, 5.74) is 0.0876. The van der Waals surface area contributed by atoms with Gasteiger partial charge in [-0.05, 0) is 94.7 Å². The Morgan fingerprint density at radius 2 is 1.47 bits per heavy atom. The van der Waals surface area contributed by atoms with Crippen LogP contribution in [0.2, 0.25) is 0 Å². The van der Waals surface area contributed by atoms with Gasteiger partial charge in [0.05, 0.1) is 55.3 Å². The number of esters is 1. The molecule has 1 saturated carbocycles. The molecule has 21 heteroatoms. The number of hydroxylamine groups is 4. The molecule has 11 atom stereocenters. The van der Waals surface area contributed by atoms with E-state index in [9.17, 15) is 47.9 Å². The van der Waals surface area contributed by atoms with Gasteiger partial charge in [0.1, 0.15) is 11.9 Å². The van der Waals surface area contributed by atoms with Crippen LogP contribution in [0, 0.1) is 35.0 Å². The number of methoxy groups -OCH3 is 2. The number of nitrogens with one attached hydrogen (secondary N) is 1. The normalized spacial score (nSPS) is 21.7. The fourth-order valence-corrected chi connectivity index (χ4v) is 12.4. The van der Waals surface area contributed by atoms with E-state index in [0.717, 1.165) is 30.6 Å². The van der Waals surface area contributed by atoms with Crippen molar-refractivity contribution in [3.8, 4) is 0 Å². The molecule has 1 N–H and O–H groups in total. The molecule has 83 heavy (non-hydrogen) atoms. The van der Waals surface area contributed by atoms with Crippen LogP contribution in [0.15, 0.2) is 42.5 Å². The van der Waals surface area contributed by atoms with E-state index in [1.54, 1.807) is 38.0 Å². The topological polar surface area (TPSA) is 245 Å². The molecule has 0 aromatic heterocycles. The minimum Gasteiger partial charge on any atom is -0.461 e. The first-order valence-electron chi connectivity index (χ1n) is 30.0. The van der Waals surface area contributed by atoms with Crippen molar-refractivity contribution in [3.63, 3.8) is 0 Å². The number of carbonyl (C=O) groups is 10. The first kappa shape index (κ1) is 67.9. The summed E-state index contributed by atoms with van der Waals surface area (Å²) in [6, 6.07) is 8.34. The van der Waals surface area contributed by atoms with E-state index in [-0.39, 0.29) is 104 Å². The van der Waals surface area contributed by atoms with Crippen molar-refractivity contribution in [2.75, 3.05) is 61.1 Å². The minimum absolute atomic E-state index is 0.0233. The molecule has 0 radical (unpaired) electrons. The van der Waals surface area contributed by atoms with Crippen LogP contribution < -0.4 is 5.32 Å². The Labute approximate surface area is 491 Å². The quantitative estimate of drug-likeness (QED) is 0.0600. The molecule has 0 bridgehead atoms. The summed E-state index contributed by atoms with van der Waals surface area (Å²) in [7, 11) is 6.67. The number of hydrogen-bond donors (Lipinski definition) is 1. The van der Waals surface area contributed by atoms with Crippen molar-refractivity contribution in [3.05, 3.63) is 48.0 Å². The predicted octanol–water partition coefficient (Wildman–Crippen LogP) is 6.16. The third kappa shape index (κ3) is 18.1. The first-order chi connectivity index (χ1) is 39.4. The molecule has 4 aliphatic rings. The van der Waals surface area contributed by atoms with Crippen LogP contribution >= 0.6 is 0 Å². The van der Waals surface area contributed by atoms with Gasteiger partial charge in [-0.3, -0.25) is 52.9 Å². The summed E-state index contributed by atoms with van der Waals surface area (Å²) in [5.74, 6) is -5.87. The molecule has 3 heterocycles. The Balaban J connectivity index is 1.14. The Kier molecular flexibility index (Phi) is 26.0. The molecule has 6 amide bonds. The fourth-order valence-electron chi connectivity index (χ4n) is 12.4. The van der Waals surface area contributed by atoms with Gasteiger partial charge in [-0.25, -0.2) is 9.86 Å². The lowest BCUT2D eigenvalue weighted by atomic mass is 9.83.